The Morgan fingerprint density at radius 2 is 1.79 bits per heavy atom. The van der Waals surface area contributed by atoms with E-state index in [0.29, 0.717) is 24.2 Å². The molecule has 34 heavy (non-hydrogen) atoms. The normalized spacial score (nSPS) is 14.3. The third kappa shape index (κ3) is 5.30. The molecule has 2 aromatic carbocycles. The summed E-state index contributed by atoms with van der Waals surface area (Å²) in [7, 11) is -4.12. The molecule has 0 saturated carbocycles. The predicted octanol–water partition coefficient (Wildman–Crippen LogP) is 3.98. The SMILES string of the molecule is Cc1ccc(-c2noc(C(=O)N3CCCC3)n2)cc1S(=O)(=O)Nc1ccc(OC(F)(F)F)cc1. The number of sulfonamides is 1. The first-order valence-corrected chi connectivity index (χ1v) is 11.6. The van der Waals surface area contributed by atoms with Crippen LogP contribution in [0.1, 0.15) is 29.1 Å². The van der Waals surface area contributed by atoms with Crippen LogP contribution in [-0.2, 0) is 10.0 Å². The average molecular weight is 496 g/mol. The maximum Gasteiger partial charge on any atom is 0.573 e. The molecule has 1 aliphatic heterocycles. The standard InChI is InChI=1S/C21H19F3N4O5S/c1-13-4-5-14(18-25-19(33-26-18)20(29)28-10-2-3-11-28)12-17(13)34(30,31)27-15-6-8-16(9-7-15)32-21(22,23)24/h4-9,12,27H,2-3,10-11H2,1H3. The number of hydrogen-bond donors (Lipinski definition) is 1. The summed E-state index contributed by atoms with van der Waals surface area (Å²) >= 11 is 0. The van der Waals surface area contributed by atoms with Gasteiger partial charge in [-0.1, -0.05) is 17.3 Å². The van der Waals surface area contributed by atoms with Gasteiger partial charge in [-0.15, -0.1) is 13.2 Å². The molecule has 4 rings (SSSR count). The summed E-state index contributed by atoms with van der Waals surface area (Å²) in [6, 6.07) is 8.74. The fourth-order valence-corrected chi connectivity index (χ4v) is 4.78. The number of aryl methyl sites for hydroxylation is 1. The summed E-state index contributed by atoms with van der Waals surface area (Å²) in [6.45, 7) is 2.80. The van der Waals surface area contributed by atoms with Crippen LogP contribution in [0.4, 0.5) is 18.9 Å². The van der Waals surface area contributed by atoms with Crippen molar-refractivity contribution >= 4 is 21.6 Å². The number of anilines is 1. The van der Waals surface area contributed by atoms with E-state index in [0.717, 1.165) is 37.1 Å². The molecule has 0 atom stereocenters. The van der Waals surface area contributed by atoms with Crippen LogP contribution in [0.25, 0.3) is 11.4 Å². The molecule has 0 spiro atoms. The fraction of sp³-hybridized carbons (Fsp3) is 0.286. The van der Waals surface area contributed by atoms with E-state index < -0.39 is 22.1 Å². The molecule has 9 nitrogen and oxygen atoms in total. The van der Waals surface area contributed by atoms with E-state index >= 15 is 0 Å². The third-order valence-corrected chi connectivity index (χ3v) is 6.60. The maximum atomic E-state index is 13.0. The average Bonchev–Trinajstić information content (AvgIpc) is 3.46. The van der Waals surface area contributed by atoms with Gasteiger partial charge in [-0.05, 0) is 55.7 Å². The Morgan fingerprint density at radius 1 is 1.12 bits per heavy atom. The second-order valence-electron chi connectivity index (χ2n) is 7.58. The highest BCUT2D eigenvalue weighted by Crippen LogP contribution is 2.28. The molecule has 1 N–H and O–H groups in total. The maximum absolute atomic E-state index is 13.0. The highest BCUT2D eigenvalue weighted by Gasteiger charge is 2.31. The van der Waals surface area contributed by atoms with Crippen molar-refractivity contribution < 1.29 is 35.6 Å². The smallest absolute Gasteiger partial charge is 0.406 e. The molecule has 0 radical (unpaired) electrons. The minimum Gasteiger partial charge on any atom is -0.406 e. The van der Waals surface area contributed by atoms with Gasteiger partial charge in [0.05, 0.1) is 4.90 Å². The van der Waals surface area contributed by atoms with Gasteiger partial charge in [-0.25, -0.2) is 8.42 Å². The van der Waals surface area contributed by atoms with Gasteiger partial charge >= 0.3 is 18.2 Å². The lowest BCUT2D eigenvalue weighted by atomic mass is 10.1. The first-order chi connectivity index (χ1) is 16.0. The van der Waals surface area contributed by atoms with Crippen molar-refractivity contribution in [3.8, 4) is 17.1 Å². The zero-order valence-corrected chi connectivity index (χ0v) is 18.6. The van der Waals surface area contributed by atoms with E-state index in [-0.39, 0.29) is 28.2 Å². The zero-order valence-electron chi connectivity index (χ0n) is 17.8. The Hall–Kier alpha value is -3.61. The molecule has 180 valence electrons. The van der Waals surface area contributed by atoms with Crippen LogP contribution in [0, 0.1) is 6.92 Å². The van der Waals surface area contributed by atoms with Gasteiger partial charge in [0.25, 0.3) is 10.0 Å². The summed E-state index contributed by atoms with van der Waals surface area (Å²) < 4.78 is 74.0. The van der Waals surface area contributed by atoms with E-state index in [4.69, 9.17) is 4.52 Å². The largest absolute Gasteiger partial charge is 0.573 e. The van der Waals surface area contributed by atoms with E-state index in [1.165, 1.54) is 6.07 Å². The zero-order chi connectivity index (χ0) is 24.5. The molecule has 0 unspecified atom stereocenters. The molecule has 0 aliphatic carbocycles. The molecule has 3 aromatic rings. The number of aromatic nitrogens is 2. The van der Waals surface area contributed by atoms with E-state index in [1.807, 2.05) is 0 Å². The van der Waals surface area contributed by atoms with E-state index in [9.17, 15) is 26.4 Å². The number of nitrogens with zero attached hydrogens (tertiary/aromatic N) is 3. The van der Waals surface area contributed by atoms with Gasteiger partial charge in [0.2, 0.25) is 5.82 Å². The Balaban J connectivity index is 1.55. The topological polar surface area (TPSA) is 115 Å². The summed E-state index contributed by atoms with van der Waals surface area (Å²) in [6.07, 6.45) is -3.05. The van der Waals surface area contributed by atoms with Crippen LogP contribution in [0.3, 0.4) is 0 Å². The number of benzene rings is 2. The Kier molecular flexibility index (Phi) is 6.21. The molecule has 13 heteroatoms. The lowest BCUT2D eigenvalue weighted by Gasteiger charge is -2.13. The van der Waals surface area contributed by atoms with Crippen molar-refractivity contribution in [2.45, 2.75) is 31.0 Å². The van der Waals surface area contributed by atoms with Gasteiger partial charge < -0.3 is 14.2 Å². The highest BCUT2D eigenvalue weighted by atomic mass is 32.2. The summed E-state index contributed by atoms with van der Waals surface area (Å²) in [5, 5.41) is 3.80. The molecule has 1 saturated heterocycles. The number of amides is 1. The minimum atomic E-state index is -4.85. The van der Waals surface area contributed by atoms with Crippen molar-refractivity contribution in [1.82, 2.24) is 15.0 Å². The van der Waals surface area contributed by atoms with Crippen molar-refractivity contribution in [3.05, 3.63) is 53.9 Å². The Labute approximate surface area is 192 Å². The number of ether oxygens (including phenoxy) is 1. The number of carbonyl (C=O) groups excluding carboxylic acids is 1. The second kappa shape index (κ2) is 8.97. The molecular weight excluding hydrogens is 477 g/mol. The summed E-state index contributed by atoms with van der Waals surface area (Å²) in [5.74, 6) is -0.991. The molecule has 1 amide bonds. The lowest BCUT2D eigenvalue weighted by Crippen LogP contribution is -2.27. The van der Waals surface area contributed by atoms with Crippen molar-refractivity contribution in [2.75, 3.05) is 17.8 Å². The molecule has 0 bridgehead atoms. The molecule has 2 heterocycles. The summed E-state index contributed by atoms with van der Waals surface area (Å²) in [5.41, 5.74) is 0.756. The number of hydrogen-bond acceptors (Lipinski definition) is 7. The number of nitrogens with one attached hydrogen (secondary N) is 1. The Bertz CT molecular complexity index is 1300. The van der Waals surface area contributed by atoms with Crippen molar-refractivity contribution in [3.63, 3.8) is 0 Å². The monoisotopic (exact) mass is 496 g/mol. The van der Waals surface area contributed by atoms with Crippen molar-refractivity contribution in [2.24, 2.45) is 0 Å². The quantitative estimate of drug-likeness (QED) is 0.549. The van der Waals surface area contributed by atoms with E-state index in [2.05, 4.69) is 19.6 Å². The number of carbonyl (C=O) groups is 1. The minimum absolute atomic E-state index is 0.0392. The highest BCUT2D eigenvalue weighted by molar-refractivity contribution is 7.92. The molecule has 1 aliphatic rings. The van der Waals surface area contributed by atoms with Gasteiger partial charge in [-0.3, -0.25) is 9.52 Å². The second-order valence-corrected chi connectivity index (χ2v) is 9.23. The third-order valence-electron chi connectivity index (χ3n) is 5.08. The predicted molar refractivity (Wildman–Crippen MR) is 114 cm³/mol. The molecule has 1 fully saturated rings. The Morgan fingerprint density at radius 3 is 2.44 bits per heavy atom. The van der Waals surface area contributed by atoms with Gasteiger partial charge in [0.1, 0.15) is 5.75 Å². The first-order valence-electron chi connectivity index (χ1n) is 10.1. The number of halogens is 3. The van der Waals surface area contributed by atoms with Crippen LogP contribution >= 0.6 is 0 Å². The van der Waals surface area contributed by atoms with E-state index in [1.54, 1.807) is 24.0 Å². The number of likely N-dealkylation sites (tertiary alicyclic amines) is 1. The first kappa shape index (κ1) is 23.5. The lowest BCUT2D eigenvalue weighted by molar-refractivity contribution is -0.274. The molecular formula is C21H19F3N4O5S. The van der Waals surface area contributed by atoms with Crippen LogP contribution < -0.4 is 9.46 Å². The van der Waals surface area contributed by atoms with Crippen LogP contribution in [0.15, 0.2) is 51.9 Å². The van der Waals surface area contributed by atoms with Gasteiger partial charge in [0.15, 0.2) is 0 Å². The summed E-state index contributed by atoms with van der Waals surface area (Å²) in [4.78, 5) is 18.0. The van der Waals surface area contributed by atoms with Crippen molar-refractivity contribution in [1.29, 1.82) is 0 Å². The van der Waals surface area contributed by atoms with Crippen LogP contribution in [-0.4, -0.2) is 48.8 Å². The van der Waals surface area contributed by atoms with Gasteiger partial charge in [-0.2, -0.15) is 4.98 Å². The number of alkyl halides is 3. The van der Waals surface area contributed by atoms with Gasteiger partial charge in [0, 0.05) is 24.3 Å². The fourth-order valence-electron chi connectivity index (χ4n) is 3.45. The molecule has 1 aromatic heterocycles. The van der Waals surface area contributed by atoms with Crippen LogP contribution in [0.2, 0.25) is 0 Å². The number of rotatable bonds is 6. The van der Waals surface area contributed by atoms with Crippen LogP contribution in [0.5, 0.6) is 5.75 Å².